The molecule has 0 radical (unpaired) electrons. The van der Waals surface area contributed by atoms with E-state index in [0.29, 0.717) is 0 Å². The first kappa shape index (κ1) is 81.0. The van der Waals surface area contributed by atoms with Gasteiger partial charge in [-0.1, -0.05) is 376 Å². The smallest absolute Gasteiger partial charge is 0.136 e. The third-order valence-corrected chi connectivity index (χ3v) is 34.1. The predicted molar refractivity (Wildman–Crippen MR) is 620 cm³/mol. The van der Waals surface area contributed by atoms with Crippen LogP contribution < -0.4 is 0 Å². The SMILES string of the molecule is c1cc(-c2ccc3c(c2)sc2ccccc23)cc(-c2c3ccccc3c(-c3cc4cccc5oc6cccc3c6c45)c3ccccc23)c1.c1cc2cc(-c3c4ccccc4c(-c4ccc(-c5cccc6sc7ccccc7c56)cc4)c4ccccc34)c3cccc4oc(c1)c2c43.c1ccc(-c2c3ccccc3c(-c3cc4cccc5oc6cccc3c6c45)c3ccccc23)c(-c2ccc3c(c2)sc2ccccc23)c1. The molecule has 0 spiro atoms. The van der Waals surface area contributed by atoms with E-state index in [2.05, 4.69) is 473 Å². The summed E-state index contributed by atoms with van der Waals surface area (Å²) in [7, 11) is 0. The molecule has 666 valence electrons. The molecular weight excluding hydrogens is 1800 g/mol. The number of hydrogen-bond donors (Lipinski definition) is 0. The maximum atomic E-state index is 6.36. The third kappa shape index (κ3) is 12.2. The Hall–Kier alpha value is -17.9. The van der Waals surface area contributed by atoms with E-state index in [1.165, 1.54) is 290 Å². The lowest BCUT2D eigenvalue weighted by Crippen LogP contribution is -1.93. The van der Waals surface area contributed by atoms with Gasteiger partial charge in [0, 0.05) is 92.8 Å². The second-order valence-corrected chi connectivity index (χ2v) is 41.6. The zero-order chi connectivity index (χ0) is 94.0. The van der Waals surface area contributed by atoms with E-state index in [4.69, 9.17) is 13.3 Å². The fraction of sp³-hybridized carbons (Fsp3) is 0. The van der Waals surface area contributed by atoms with Gasteiger partial charge in [-0.25, -0.2) is 0 Å². The molecule has 0 aliphatic rings. The molecule has 0 aliphatic carbocycles. The van der Waals surface area contributed by atoms with E-state index in [0.717, 1.165) is 33.5 Å². The van der Waals surface area contributed by atoms with Crippen molar-refractivity contribution < 1.29 is 13.3 Å². The summed E-state index contributed by atoms with van der Waals surface area (Å²) in [4.78, 5) is 0. The summed E-state index contributed by atoms with van der Waals surface area (Å²) in [5.41, 5.74) is 28.2. The molecule has 0 N–H and O–H groups in total. The predicted octanol–water partition coefficient (Wildman–Crippen LogP) is 41.6. The largest absolute Gasteiger partial charge is 0.456 e. The Morgan fingerprint density at radius 2 is 0.382 bits per heavy atom. The summed E-state index contributed by atoms with van der Waals surface area (Å²) in [6, 6.07) is 174. The molecule has 0 aliphatic heterocycles. The molecule has 3 nitrogen and oxygen atoms in total. The molecule has 144 heavy (non-hydrogen) atoms. The van der Waals surface area contributed by atoms with Crippen molar-refractivity contribution >= 4 is 257 Å². The lowest BCUT2D eigenvalue weighted by molar-refractivity contribution is 0.669. The van der Waals surface area contributed by atoms with E-state index in [1.54, 1.807) is 0 Å². The van der Waals surface area contributed by atoms with Crippen LogP contribution in [0.15, 0.2) is 486 Å². The molecule has 6 aromatic heterocycles. The summed E-state index contributed by atoms with van der Waals surface area (Å²) in [6.07, 6.45) is 0. The number of thiophene rings is 3. The maximum Gasteiger partial charge on any atom is 0.136 e. The van der Waals surface area contributed by atoms with Gasteiger partial charge >= 0.3 is 0 Å². The Kier molecular flexibility index (Phi) is 17.9. The summed E-state index contributed by atoms with van der Waals surface area (Å²) in [5, 5.41) is 37.6. The van der Waals surface area contributed by atoms with Crippen LogP contribution in [0.4, 0.5) is 0 Å². The lowest BCUT2D eigenvalue weighted by Gasteiger charge is -2.20. The van der Waals surface area contributed by atoms with Crippen LogP contribution in [0.3, 0.4) is 0 Å². The van der Waals surface area contributed by atoms with Crippen molar-refractivity contribution in [1.82, 2.24) is 0 Å². The van der Waals surface area contributed by atoms with Crippen LogP contribution >= 0.6 is 34.0 Å². The van der Waals surface area contributed by atoms with Gasteiger partial charge in [0.1, 0.15) is 33.5 Å². The molecule has 0 bridgehead atoms. The van der Waals surface area contributed by atoms with Crippen LogP contribution in [-0.4, -0.2) is 0 Å². The number of hydrogen-bond acceptors (Lipinski definition) is 6. The summed E-state index contributed by atoms with van der Waals surface area (Å²) in [5.74, 6) is 0. The van der Waals surface area contributed by atoms with Crippen LogP contribution in [0.2, 0.25) is 0 Å². The van der Waals surface area contributed by atoms with Crippen molar-refractivity contribution in [3.05, 3.63) is 473 Å². The highest BCUT2D eigenvalue weighted by Gasteiger charge is 2.29. The minimum atomic E-state index is 0.940. The summed E-state index contributed by atoms with van der Waals surface area (Å²) >= 11 is 5.62. The van der Waals surface area contributed by atoms with Crippen molar-refractivity contribution in [3.8, 4) is 100 Å². The normalized spacial score (nSPS) is 12.2. The molecule has 33 aromatic rings. The topological polar surface area (TPSA) is 39.4 Å². The highest BCUT2D eigenvalue weighted by molar-refractivity contribution is 7.26. The second kappa shape index (κ2) is 31.8. The monoisotopic (exact) mass is 1880 g/mol. The van der Waals surface area contributed by atoms with E-state index in [9.17, 15) is 0 Å². The molecule has 0 saturated heterocycles. The Labute approximate surface area is 837 Å². The van der Waals surface area contributed by atoms with Gasteiger partial charge in [0.25, 0.3) is 0 Å². The van der Waals surface area contributed by atoms with E-state index in [1.807, 2.05) is 34.0 Å². The van der Waals surface area contributed by atoms with Crippen molar-refractivity contribution in [2.24, 2.45) is 0 Å². The van der Waals surface area contributed by atoms with Crippen molar-refractivity contribution in [2.75, 3.05) is 0 Å². The molecule has 27 aromatic carbocycles. The van der Waals surface area contributed by atoms with Crippen LogP contribution in [0, 0.1) is 0 Å². The van der Waals surface area contributed by atoms with E-state index >= 15 is 0 Å². The lowest BCUT2D eigenvalue weighted by atomic mass is 9.82. The van der Waals surface area contributed by atoms with Gasteiger partial charge in [-0.05, 0) is 294 Å². The number of fused-ring (bicyclic) bond motifs is 15. The van der Waals surface area contributed by atoms with Gasteiger partial charge < -0.3 is 13.3 Å². The maximum absolute atomic E-state index is 6.36. The minimum Gasteiger partial charge on any atom is -0.456 e. The van der Waals surface area contributed by atoms with Crippen molar-refractivity contribution in [1.29, 1.82) is 0 Å². The van der Waals surface area contributed by atoms with Gasteiger partial charge in [-0.2, -0.15) is 0 Å². The summed E-state index contributed by atoms with van der Waals surface area (Å²) < 4.78 is 27.0. The zero-order valence-corrected chi connectivity index (χ0v) is 79.9. The number of rotatable bonds is 9. The van der Waals surface area contributed by atoms with Crippen LogP contribution in [-0.2, 0) is 0 Å². The van der Waals surface area contributed by atoms with E-state index < -0.39 is 0 Å². The standard InChI is InChI=1S/3C46H26OS/c1-3-16-35-33(14-1)43(29-11-7-10-27(24-29)28-22-23-32-31-13-5-6-21-41(31)48-42(32)26-28)34-15-2-4-17-36(34)45(35)38-25-30-12-8-19-39-44(30)46-37(38)18-9-20-40(46)47-39;1-3-13-33-31(11-1)42(28-24-22-27(23-25-28)30-16-9-21-41-45(30)36-15-5-6-20-40(36)48-41)32-12-2-4-14-34(32)44(33)37-26-29-10-7-18-38-43(29)46-35(37)17-8-19-39(46)47-38;1-2-14-32(29(12-1)27-23-24-31-30-13-7-8-22-41(30)48-42(31)26-27)44-33-15-3-5-17-35(33)45(36-18-6-4-16-34(36)44)38-25-28-11-9-20-39-43(28)46-37(38)19-10-21-40(46)47-39/h3*1-26H. The van der Waals surface area contributed by atoms with Gasteiger partial charge in [0.05, 0.1) is 0 Å². The van der Waals surface area contributed by atoms with Gasteiger partial charge in [-0.3, -0.25) is 0 Å². The average molecular weight is 1880 g/mol. The van der Waals surface area contributed by atoms with Crippen LogP contribution in [0.25, 0.3) is 323 Å². The molecule has 33 rings (SSSR count). The quantitative estimate of drug-likeness (QED) is 0.107. The first-order valence-corrected chi connectivity index (χ1v) is 51.7. The Morgan fingerprint density at radius 3 is 0.812 bits per heavy atom. The molecule has 0 amide bonds. The Morgan fingerprint density at radius 1 is 0.118 bits per heavy atom. The second-order valence-electron chi connectivity index (χ2n) is 38.3. The van der Waals surface area contributed by atoms with Crippen molar-refractivity contribution in [3.63, 3.8) is 0 Å². The van der Waals surface area contributed by atoms with Crippen LogP contribution in [0.5, 0.6) is 0 Å². The molecular formula is C138H78O3S3. The molecule has 6 heteroatoms. The van der Waals surface area contributed by atoms with Crippen molar-refractivity contribution in [2.45, 2.75) is 0 Å². The fourth-order valence-electron chi connectivity index (χ4n) is 24.6. The molecule has 0 unspecified atom stereocenters. The molecule has 0 atom stereocenters. The minimum absolute atomic E-state index is 0.940. The Bertz CT molecular complexity index is 11000. The Balaban J connectivity index is 0.0000000986. The van der Waals surface area contributed by atoms with Crippen LogP contribution in [0.1, 0.15) is 0 Å². The summed E-state index contributed by atoms with van der Waals surface area (Å²) in [6.45, 7) is 0. The highest BCUT2D eigenvalue weighted by Crippen LogP contribution is 2.56. The van der Waals surface area contributed by atoms with E-state index in [-0.39, 0.29) is 0 Å². The van der Waals surface area contributed by atoms with Gasteiger partial charge in [0.2, 0.25) is 0 Å². The first-order chi connectivity index (χ1) is 71.4. The number of furan rings is 3. The molecule has 6 heterocycles. The average Bonchev–Trinajstić information content (AvgIpc) is 1.19. The molecule has 0 saturated carbocycles. The number of benzene rings is 27. The van der Waals surface area contributed by atoms with Gasteiger partial charge in [-0.15, -0.1) is 34.0 Å². The third-order valence-electron chi connectivity index (χ3n) is 30.7. The highest BCUT2D eigenvalue weighted by atomic mass is 32.1. The first-order valence-electron chi connectivity index (χ1n) is 49.3. The van der Waals surface area contributed by atoms with Gasteiger partial charge in [0.15, 0.2) is 0 Å². The zero-order valence-electron chi connectivity index (χ0n) is 77.5. The fourth-order valence-corrected chi connectivity index (χ4v) is 28.1. The molecule has 0 fully saturated rings.